The van der Waals surface area contributed by atoms with E-state index in [0.717, 1.165) is 154 Å². The molecule has 0 aliphatic heterocycles. The van der Waals surface area contributed by atoms with Crippen molar-refractivity contribution in [1.82, 2.24) is 0 Å². The van der Waals surface area contributed by atoms with Crippen molar-refractivity contribution in [1.29, 1.82) is 0 Å². The summed E-state index contributed by atoms with van der Waals surface area (Å²) in [4.78, 5) is 38.2. The monoisotopic (exact) mass is 1060 g/mol. The second kappa shape index (κ2) is 63.8. The van der Waals surface area contributed by atoms with E-state index in [1.54, 1.807) is 0 Å². The number of unbranched alkanes of at least 4 members (excludes halogenated alkanes) is 20. The van der Waals surface area contributed by atoms with Gasteiger partial charge in [0.15, 0.2) is 6.10 Å². The summed E-state index contributed by atoms with van der Waals surface area (Å²) in [7, 11) is 0. The van der Waals surface area contributed by atoms with Gasteiger partial charge in [0.25, 0.3) is 0 Å². The van der Waals surface area contributed by atoms with Gasteiger partial charge in [0.2, 0.25) is 0 Å². The maximum Gasteiger partial charge on any atom is 0.306 e. The van der Waals surface area contributed by atoms with E-state index < -0.39 is 6.10 Å². The predicted molar refractivity (Wildman–Crippen MR) is 334 cm³/mol. The van der Waals surface area contributed by atoms with Gasteiger partial charge in [-0.3, -0.25) is 14.4 Å². The molecule has 0 aromatic carbocycles. The Balaban J connectivity index is 4.27. The summed E-state index contributed by atoms with van der Waals surface area (Å²) in [6, 6.07) is 0. The zero-order valence-corrected chi connectivity index (χ0v) is 49.7. The minimum absolute atomic E-state index is 0.100. The maximum atomic E-state index is 12.8. The Morgan fingerprint density at radius 3 is 0.818 bits per heavy atom. The van der Waals surface area contributed by atoms with Crippen LogP contribution in [0.2, 0.25) is 0 Å². The molecule has 0 saturated heterocycles. The third-order valence-corrected chi connectivity index (χ3v) is 12.8. The minimum atomic E-state index is -0.805. The molecule has 434 valence electrons. The zero-order valence-electron chi connectivity index (χ0n) is 49.7. The summed E-state index contributed by atoms with van der Waals surface area (Å²) in [5.74, 6) is -0.950. The summed E-state index contributed by atoms with van der Waals surface area (Å²) >= 11 is 0. The van der Waals surface area contributed by atoms with Gasteiger partial charge >= 0.3 is 17.9 Å². The molecule has 0 aliphatic rings. The quantitative estimate of drug-likeness (QED) is 0.0261. The molecule has 77 heavy (non-hydrogen) atoms. The highest BCUT2D eigenvalue weighted by Crippen LogP contribution is 2.14. The molecule has 1 atom stereocenters. The molecule has 0 spiro atoms. The van der Waals surface area contributed by atoms with Crippen molar-refractivity contribution >= 4 is 17.9 Å². The largest absolute Gasteiger partial charge is 0.462 e. The summed E-state index contributed by atoms with van der Waals surface area (Å²) in [5, 5.41) is 0. The van der Waals surface area contributed by atoms with Crippen LogP contribution in [0.5, 0.6) is 0 Å². The standard InChI is InChI=1S/C71H114O6/c1-4-7-10-13-16-19-22-25-26-27-28-29-30-31-32-33-34-35-36-37-38-39-40-41-42-43-44-47-49-52-55-58-61-64-70(73)76-67-68(77-71(74)65-62-59-56-53-50-46-24-21-18-15-12-9-6-3)66-75-69(72)63-60-57-54-51-48-45-23-20-17-14-11-8-5-2/h7,9-10,12,16,18-21,23,25-26,28-29,31-32,34-35,37-38,40-41,46,50,68H,4-6,8,11,13-15,17,22,24,27,30,33,36,39,42-45,47-49,51-67H2,1-3H3/b10-7-,12-9-,19-16-,21-18-,23-20-,26-25-,29-28-,32-31-,35-34-,38-37-,41-40-,50-46-. The highest BCUT2D eigenvalue weighted by atomic mass is 16.6. The van der Waals surface area contributed by atoms with E-state index in [1.807, 2.05) is 0 Å². The molecule has 0 rings (SSSR count). The van der Waals surface area contributed by atoms with E-state index in [9.17, 15) is 14.4 Å². The van der Waals surface area contributed by atoms with Gasteiger partial charge in [0.05, 0.1) is 0 Å². The van der Waals surface area contributed by atoms with Crippen molar-refractivity contribution in [3.8, 4) is 0 Å². The predicted octanol–water partition coefficient (Wildman–Crippen LogP) is 21.5. The van der Waals surface area contributed by atoms with Crippen LogP contribution in [0.1, 0.15) is 265 Å². The average molecular weight is 1060 g/mol. The Labute approximate surface area is 474 Å². The van der Waals surface area contributed by atoms with Crippen LogP contribution in [0.3, 0.4) is 0 Å². The van der Waals surface area contributed by atoms with Gasteiger partial charge in [-0.05, 0) is 141 Å². The number of hydrogen-bond donors (Lipinski definition) is 0. The van der Waals surface area contributed by atoms with E-state index in [4.69, 9.17) is 14.2 Å². The van der Waals surface area contributed by atoms with Crippen LogP contribution in [0.15, 0.2) is 146 Å². The van der Waals surface area contributed by atoms with E-state index in [-0.39, 0.29) is 37.5 Å². The lowest BCUT2D eigenvalue weighted by Crippen LogP contribution is -2.30. The lowest BCUT2D eigenvalue weighted by atomic mass is 10.1. The number of rotatable bonds is 55. The smallest absolute Gasteiger partial charge is 0.306 e. The van der Waals surface area contributed by atoms with Crippen molar-refractivity contribution in [3.63, 3.8) is 0 Å². The van der Waals surface area contributed by atoms with Crippen LogP contribution in [0.4, 0.5) is 0 Å². The Morgan fingerprint density at radius 2 is 0.506 bits per heavy atom. The van der Waals surface area contributed by atoms with E-state index >= 15 is 0 Å². The molecular formula is C71H114O6. The van der Waals surface area contributed by atoms with Crippen molar-refractivity contribution in [2.75, 3.05) is 13.2 Å². The fourth-order valence-corrected chi connectivity index (χ4v) is 8.17. The van der Waals surface area contributed by atoms with Gasteiger partial charge in [-0.25, -0.2) is 0 Å². The molecule has 0 aromatic rings. The van der Waals surface area contributed by atoms with Crippen molar-refractivity contribution in [2.24, 2.45) is 0 Å². The Morgan fingerprint density at radius 1 is 0.273 bits per heavy atom. The number of carbonyl (C=O) groups excluding carboxylic acids is 3. The van der Waals surface area contributed by atoms with E-state index in [0.29, 0.717) is 12.8 Å². The van der Waals surface area contributed by atoms with Gasteiger partial charge in [-0.2, -0.15) is 0 Å². The van der Waals surface area contributed by atoms with E-state index in [1.165, 1.54) is 70.6 Å². The molecular weight excluding hydrogens is 949 g/mol. The molecule has 0 saturated carbocycles. The molecule has 0 radical (unpaired) electrons. The molecule has 0 bridgehead atoms. The van der Waals surface area contributed by atoms with Crippen molar-refractivity contribution in [2.45, 2.75) is 271 Å². The summed E-state index contributed by atoms with van der Waals surface area (Å²) in [6.45, 7) is 6.35. The Kier molecular flexibility index (Phi) is 59.9. The Bertz CT molecular complexity index is 1700. The first-order valence-corrected chi connectivity index (χ1v) is 31.3. The van der Waals surface area contributed by atoms with Crippen LogP contribution in [0, 0.1) is 0 Å². The zero-order chi connectivity index (χ0) is 55.7. The second-order valence-electron chi connectivity index (χ2n) is 20.2. The van der Waals surface area contributed by atoms with Crippen LogP contribution < -0.4 is 0 Å². The van der Waals surface area contributed by atoms with Gasteiger partial charge in [0.1, 0.15) is 13.2 Å². The van der Waals surface area contributed by atoms with Gasteiger partial charge < -0.3 is 14.2 Å². The molecule has 6 nitrogen and oxygen atoms in total. The van der Waals surface area contributed by atoms with Gasteiger partial charge in [-0.15, -0.1) is 0 Å². The summed E-state index contributed by atoms with van der Waals surface area (Å²) < 4.78 is 16.8. The van der Waals surface area contributed by atoms with Crippen LogP contribution in [0.25, 0.3) is 0 Å². The molecule has 1 unspecified atom stereocenters. The Hall–Kier alpha value is -4.71. The van der Waals surface area contributed by atoms with E-state index in [2.05, 4.69) is 167 Å². The fourth-order valence-electron chi connectivity index (χ4n) is 8.17. The third-order valence-electron chi connectivity index (χ3n) is 12.8. The molecule has 0 fully saturated rings. The minimum Gasteiger partial charge on any atom is -0.462 e. The van der Waals surface area contributed by atoms with Crippen molar-refractivity contribution in [3.05, 3.63) is 146 Å². The summed E-state index contributed by atoms with van der Waals surface area (Å²) in [6.07, 6.45) is 91.4. The van der Waals surface area contributed by atoms with Gasteiger partial charge in [0, 0.05) is 19.3 Å². The first-order chi connectivity index (χ1) is 38.0. The lowest BCUT2D eigenvalue weighted by Gasteiger charge is -2.18. The maximum absolute atomic E-state index is 12.8. The molecule has 6 heteroatoms. The summed E-state index contributed by atoms with van der Waals surface area (Å²) in [5.41, 5.74) is 0. The number of allylic oxidation sites excluding steroid dienone is 24. The number of carbonyl (C=O) groups is 3. The topological polar surface area (TPSA) is 78.9 Å². The molecule has 0 amide bonds. The van der Waals surface area contributed by atoms with Gasteiger partial charge in [-0.1, -0.05) is 250 Å². The first kappa shape index (κ1) is 72.3. The molecule has 0 aliphatic carbocycles. The molecule has 0 heterocycles. The lowest BCUT2D eigenvalue weighted by molar-refractivity contribution is -0.167. The fraction of sp³-hybridized carbons (Fsp3) is 0.620. The first-order valence-electron chi connectivity index (χ1n) is 31.3. The highest BCUT2D eigenvalue weighted by Gasteiger charge is 2.19. The van der Waals surface area contributed by atoms with Crippen LogP contribution in [-0.2, 0) is 28.6 Å². The number of hydrogen-bond acceptors (Lipinski definition) is 6. The normalized spacial score (nSPS) is 13.1. The highest BCUT2D eigenvalue weighted by molar-refractivity contribution is 5.71. The van der Waals surface area contributed by atoms with Crippen molar-refractivity contribution < 1.29 is 28.6 Å². The molecule has 0 aromatic heterocycles. The third kappa shape index (κ3) is 62.0. The van der Waals surface area contributed by atoms with Crippen LogP contribution >= 0.6 is 0 Å². The number of esters is 3. The second-order valence-corrected chi connectivity index (χ2v) is 20.2. The average Bonchev–Trinajstić information content (AvgIpc) is 3.43. The number of ether oxygens (including phenoxy) is 3. The molecule has 0 N–H and O–H groups in total. The van der Waals surface area contributed by atoms with Crippen LogP contribution in [-0.4, -0.2) is 37.2 Å². The SMILES string of the molecule is CC/C=C\C/C=C\C/C=C\C/C=C\C/C=C\C/C=C\C/C=C\C/C=C\CCCCCCCCCCC(=O)OCC(COC(=O)CCCCCCC/C=C\CCCCCC)OC(=O)CCCCC/C=C\C/C=C\C/C=C\CC.